The van der Waals surface area contributed by atoms with E-state index >= 15 is 0 Å². The second-order valence-corrected chi connectivity index (χ2v) is 5.17. The number of rotatable bonds is 3. The fraction of sp³-hybridized carbons (Fsp3) is 0.154. The van der Waals surface area contributed by atoms with Crippen LogP contribution in [0.25, 0.3) is 0 Å². The van der Waals surface area contributed by atoms with Gasteiger partial charge >= 0.3 is 0 Å². The molecule has 4 heteroatoms. The highest BCUT2D eigenvalue weighted by Gasteiger charge is 2.00. The molecule has 0 unspecified atom stereocenters. The first kappa shape index (κ1) is 12.4. The molecule has 0 atom stereocenters. The van der Waals surface area contributed by atoms with Gasteiger partial charge in [0, 0.05) is 23.4 Å². The number of benzene rings is 1. The van der Waals surface area contributed by atoms with Gasteiger partial charge in [0.25, 0.3) is 0 Å². The summed E-state index contributed by atoms with van der Waals surface area (Å²) in [7, 11) is 0. The Morgan fingerprint density at radius 2 is 2.12 bits per heavy atom. The molecule has 0 saturated heterocycles. The Morgan fingerprint density at radius 1 is 1.29 bits per heavy atom. The van der Waals surface area contributed by atoms with E-state index in [0.717, 1.165) is 26.3 Å². The molecule has 2 aromatic rings. The van der Waals surface area contributed by atoms with Crippen LogP contribution >= 0.6 is 27.5 Å². The lowest BCUT2D eigenvalue weighted by Crippen LogP contribution is -2.00. The molecular formula is C13H12BrClN2. The van der Waals surface area contributed by atoms with Gasteiger partial charge in [0.1, 0.15) is 0 Å². The van der Waals surface area contributed by atoms with Crippen LogP contribution in [-0.2, 0) is 6.54 Å². The number of aromatic nitrogens is 1. The highest BCUT2D eigenvalue weighted by atomic mass is 79.9. The number of anilines is 1. The molecule has 17 heavy (non-hydrogen) atoms. The minimum Gasteiger partial charge on any atom is -0.380 e. The van der Waals surface area contributed by atoms with E-state index < -0.39 is 0 Å². The third kappa shape index (κ3) is 3.45. The average Bonchev–Trinajstić information content (AvgIpc) is 2.28. The summed E-state index contributed by atoms with van der Waals surface area (Å²) in [6.45, 7) is 2.73. The third-order valence-corrected chi connectivity index (χ3v) is 3.12. The summed E-state index contributed by atoms with van der Waals surface area (Å²) < 4.78 is 0.979. The minimum atomic E-state index is 0.704. The van der Waals surface area contributed by atoms with Crippen LogP contribution < -0.4 is 5.32 Å². The summed E-state index contributed by atoms with van der Waals surface area (Å²) in [6.07, 6.45) is 3.60. The van der Waals surface area contributed by atoms with Crippen molar-refractivity contribution in [2.45, 2.75) is 13.5 Å². The van der Waals surface area contributed by atoms with Gasteiger partial charge in [-0.3, -0.25) is 4.98 Å². The molecule has 2 rings (SSSR count). The Bertz CT molecular complexity index is 529. The van der Waals surface area contributed by atoms with Crippen molar-refractivity contribution in [2.75, 3.05) is 5.32 Å². The molecule has 0 fully saturated rings. The Hall–Kier alpha value is -1.06. The van der Waals surface area contributed by atoms with E-state index in [2.05, 4.69) is 26.2 Å². The van der Waals surface area contributed by atoms with Crippen LogP contribution in [0.1, 0.15) is 11.1 Å². The van der Waals surface area contributed by atoms with Crippen LogP contribution in [0.5, 0.6) is 0 Å². The van der Waals surface area contributed by atoms with Crippen LogP contribution in [-0.4, -0.2) is 4.98 Å². The number of pyridine rings is 1. The lowest BCUT2D eigenvalue weighted by molar-refractivity contribution is 1.11. The van der Waals surface area contributed by atoms with Gasteiger partial charge in [-0.1, -0.05) is 17.7 Å². The Morgan fingerprint density at radius 3 is 2.82 bits per heavy atom. The third-order valence-electron chi connectivity index (χ3n) is 2.37. The van der Waals surface area contributed by atoms with E-state index in [-0.39, 0.29) is 0 Å². The van der Waals surface area contributed by atoms with E-state index in [1.807, 2.05) is 37.4 Å². The Labute approximate surface area is 114 Å². The van der Waals surface area contributed by atoms with Gasteiger partial charge in [0.05, 0.1) is 10.7 Å². The number of aryl methyl sites for hydroxylation is 1. The molecule has 2 nitrogen and oxygen atoms in total. The van der Waals surface area contributed by atoms with Gasteiger partial charge in [-0.05, 0) is 52.2 Å². The zero-order valence-corrected chi connectivity index (χ0v) is 11.7. The first-order chi connectivity index (χ1) is 8.15. The fourth-order valence-corrected chi connectivity index (χ4v) is 2.23. The lowest BCUT2D eigenvalue weighted by atomic mass is 10.2. The maximum atomic E-state index is 6.14. The molecule has 1 aromatic carbocycles. The summed E-state index contributed by atoms with van der Waals surface area (Å²) in [4.78, 5) is 4.11. The topological polar surface area (TPSA) is 24.9 Å². The van der Waals surface area contributed by atoms with E-state index in [9.17, 15) is 0 Å². The second kappa shape index (κ2) is 5.52. The highest BCUT2D eigenvalue weighted by Crippen LogP contribution is 2.23. The summed E-state index contributed by atoms with van der Waals surface area (Å²) in [5.41, 5.74) is 3.21. The molecule has 0 aliphatic rings. The Kier molecular flexibility index (Phi) is 4.02. The smallest absolute Gasteiger partial charge is 0.0640 e. The first-order valence-electron chi connectivity index (χ1n) is 5.24. The zero-order chi connectivity index (χ0) is 12.3. The molecule has 0 radical (unpaired) electrons. The van der Waals surface area contributed by atoms with Gasteiger partial charge in [-0.2, -0.15) is 0 Å². The molecule has 0 aliphatic heterocycles. The van der Waals surface area contributed by atoms with Gasteiger partial charge in [-0.25, -0.2) is 0 Å². The predicted octanol–water partition coefficient (Wildman–Crippen LogP) is 4.42. The average molecular weight is 312 g/mol. The monoisotopic (exact) mass is 310 g/mol. The van der Waals surface area contributed by atoms with E-state index in [4.69, 9.17) is 11.6 Å². The van der Waals surface area contributed by atoms with Crippen molar-refractivity contribution in [3.63, 3.8) is 0 Å². The molecule has 0 spiro atoms. The SMILES string of the molecule is Cc1ccc(NCc2cncc(Br)c2)c(Cl)c1. The van der Waals surface area contributed by atoms with Crippen LogP contribution in [0.3, 0.4) is 0 Å². The van der Waals surface area contributed by atoms with Crippen molar-refractivity contribution in [3.05, 3.63) is 57.3 Å². The summed E-state index contributed by atoms with van der Waals surface area (Å²) in [6, 6.07) is 8.00. The van der Waals surface area contributed by atoms with Crippen molar-refractivity contribution in [1.82, 2.24) is 4.98 Å². The fourth-order valence-electron chi connectivity index (χ4n) is 1.51. The first-order valence-corrected chi connectivity index (χ1v) is 6.42. The van der Waals surface area contributed by atoms with Gasteiger partial charge < -0.3 is 5.32 Å². The summed E-state index contributed by atoms with van der Waals surface area (Å²) in [5.74, 6) is 0. The molecule has 88 valence electrons. The largest absolute Gasteiger partial charge is 0.380 e. The van der Waals surface area contributed by atoms with Crippen LogP contribution in [0, 0.1) is 6.92 Å². The van der Waals surface area contributed by atoms with Crippen molar-refractivity contribution >= 4 is 33.2 Å². The van der Waals surface area contributed by atoms with Crippen molar-refractivity contribution in [1.29, 1.82) is 0 Å². The van der Waals surface area contributed by atoms with Gasteiger partial charge in [0.15, 0.2) is 0 Å². The molecule has 0 aliphatic carbocycles. The molecule has 1 heterocycles. The number of halogens is 2. The van der Waals surface area contributed by atoms with Crippen LogP contribution in [0.15, 0.2) is 41.1 Å². The maximum absolute atomic E-state index is 6.14. The predicted molar refractivity (Wildman–Crippen MR) is 75.5 cm³/mol. The molecule has 0 amide bonds. The summed E-state index contributed by atoms with van der Waals surface area (Å²) >= 11 is 9.54. The molecular weight excluding hydrogens is 300 g/mol. The molecule has 0 bridgehead atoms. The number of hydrogen-bond donors (Lipinski definition) is 1. The quantitative estimate of drug-likeness (QED) is 0.907. The lowest BCUT2D eigenvalue weighted by Gasteiger charge is -2.09. The zero-order valence-electron chi connectivity index (χ0n) is 9.37. The second-order valence-electron chi connectivity index (χ2n) is 3.85. The molecule has 0 saturated carbocycles. The van der Waals surface area contributed by atoms with Crippen molar-refractivity contribution in [3.8, 4) is 0 Å². The van der Waals surface area contributed by atoms with Crippen LogP contribution in [0.2, 0.25) is 5.02 Å². The molecule has 1 N–H and O–H groups in total. The number of nitrogens with zero attached hydrogens (tertiary/aromatic N) is 1. The van der Waals surface area contributed by atoms with E-state index in [1.54, 1.807) is 6.20 Å². The van der Waals surface area contributed by atoms with E-state index in [1.165, 1.54) is 0 Å². The maximum Gasteiger partial charge on any atom is 0.0640 e. The molecule has 1 aromatic heterocycles. The Balaban J connectivity index is 2.07. The van der Waals surface area contributed by atoms with Crippen molar-refractivity contribution in [2.24, 2.45) is 0 Å². The minimum absolute atomic E-state index is 0.704. The van der Waals surface area contributed by atoms with Crippen LogP contribution in [0.4, 0.5) is 5.69 Å². The van der Waals surface area contributed by atoms with Gasteiger partial charge in [0.2, 0.25) is 0 Å². The summed E-state index contributed by atoms with van der Waals surface area (Å²) in [5, 5.41) is 4.03. The van der Waals surface area contributed by atoms with Gasteiger partial charge in [-0.15, -0.1) is 0 Å². The van der Waals surface area contributed by atoms with Crippen molar-refractivity contribution < 1.29 is 0 Å². The normalized spacial score (nSPS) is 10.3. The highest BCUT2D eigenvalue weighted by molar-refractivity contribution is 9.10. The number of hydrogen-bond acceptors (Lipinski definition) is 2. The number of nitrogens with one attached hydrogen (secondary N) is 1. The standard InChI is InChI=1S/C13H12BrClN2/c1-9-2-3-13(12(15)4-9)17-7-10-5-11(14)8-16-6-10/h2-6,8,17H,7H2,1H3. The van der Waals surface area contributed by atoms with E-state index in [0.29, 0.717) is 6.54 Å².